The third-order valence-corrected chi connectivity index (χ3v) is 1.76. The lowest BCUT2D eigenvalue weighted by Gasteiger charge is -1.90. The molecule has 0 aliphatic heterocycles. The zero-order valence-corrected chi connectivity index (χ0v) is 8.41. The second-order valence-electron chi connectivity index (χ2n) is 2.56. The predicted octanol–water partition coefficient (Wildman–Crippen LogP) is 3.03. The molecule has 0 N–H and O–H groups in total. The number of thiol groups is 1. The van der Waals surface area contributed by atoms with Crippen LogP contribution in [0.4, 0.5) is 0 Å². The van der Waals surface area contributed by atoms with Gasteiger partial charge < -0.3 is 0 Å². The van der Waals surface area contributed by atoms with Crippen molar-refractivity contribution < 1.29 is 0 Å². The molecule has 0 unspecified atom stereocenters. The van der Waals surface area contributed by atoms with Crippen LogP contribution in [0.15, 0.2) is 34.3 Å². The van der Waals surface area contributed by atoms with E-state index in [9.17, 15) is 0 Å². The molecule has 0 bridgehead atoms. The van der Waals surface area contributed by atoms with Crippen molar-refractivity contribution in [3.05, 3.63) is 40.3 Å². The van der Waals surface area contributed by atoms with Crippen LogP contribution in [0.1, 0.15) is 12.0 Å². The summed E-state index contributed by atoms with van der Waals surface area (Å²) in [6.45, 7) is 0.421. The standard InChI is InChI=1S/C10H9N3S/c11-13-12-7-2-1-4-9-5-3-6-10(14)8-9/h3,5-6,8,14H,2,7H2. The summed E-state index contributed by atoms with van der Waals surface area (Å²) in [7, 11) is 0. The van der Waals surface area contributed by atoms with E-state index in [1.165, 1.54) is 0 Å². The highest BCUT2D eigenvalue weighted by Crippen LogP contribution is 2.07. The molecule has 1 aromatic rings. The zero-order valence-electron chi connectivity index (χ0n) is 7.51. The number of nitrogens with zero attached hydrogens (tertiary/aromatic N) is 3. The molecule has 0 aliphatic rings. The Morgan fingerprint density at radius 3 is 3.07 bits per heavy atom. The first-order valence-corrected chi connectivity index (χ1v) is 4.56. The average molecular weight is 203 g/mol. The summed E-state index contributed by atoms with van der Waals surface area (Å²) in [5.41, 5.74) is 8.95. The van der Waals surface area contributed by atoms with Crippen molar-refractivity contribution in [3.8, 4) is 11.8 Å². The molecule has 4 heteroatoms. The molecule has 1 rings (SSSR count). The van der Waals surface area contributed by atoms with Gasteiger partial charge in [-0.1, -0.05) is 23.0 Å². The molecular formula is C10H9N3S. The van der Waals surface area contributed by atoms with Crippen LogP contribution >= 0.6 is 12.6 Å². The van der Waals surface area contributed by atoms with Crippen LogP contribution < -0.4 is 0 Å². The normalized spacial score (nSPS) is 8.36. The van der Waals surface area contributed by atoms with Gasteiger partial charge in [0.15, 0.2) is 0 Å². The third-order valence-electron chi connectivity index (χ3n) is 1.48. The van der Waals surface area contributed by atoms with Gasteiger partial charge >= 0.3 is 0 Å². The second kappa shape index (κ2) is 5.98. The van der Waals surface area contributed by atoms with E-state index in [0.717, 1.165) is 10.5 Å². The Labute approximate surface area is 88.2 Å². The third kappa shape index (κ3) is 3.90. The molecular weight excluding hydrogens is 194 g/mol. The Morgan fingerprint density at radius 1 is 1.50 bits per heavy atom. The lowest BCUT2D eigenvalue weighted by Crippen LogP contribution is -1.76. The van der Waals surface area contributed by atoms with Crippen LogP contribution in [-0.4, -0.2) is 6.54 Å². The highest BCUT2D eigenvalue weighted by molar-refractivity contribution is 7.80. The highest BCUT2D eigenvalue weighted by atomic mass is 32.1. The summed E-state index contributed by atoms with van der Waals surface area (Å²) in [6, 6.07) is 7.61. The van der Waals surface area contributed by atoms with Gasteiger partial charge in [-0.25, -0.2) is 0 Å². The molecule has 1 aromatic carbocycles. The summed E-state index contributed by atoms with van der Waals surface area (Å²) >= 11 is 4.20. The molecule has 0 amide bonds. The number of azide groups is 1. The van der Waals surface area contributed by atoms with Crippen molar-refractivity contribution >= 4 is 12.6 Å². The SMILES string of the molecule is [N-]=[N+]=NCCC#Cc1cccc(S)c1. The summed E-state index contributed by atoms with van der Waals surface area (Å²) < 4.78 is 0. The van der Waals surface area contributed by atoms with E-state index >= 15 is 0 Å². The number of hydrogen-bond donors (Lipinski definition) is 1. The molecule has 3 nitrogen and oxygen atoms in total. The highest BCUT2D eigenvalue weighted by Gasteiger charge is 1.86. The van der Waals surface area contributed by atoms with Gasteiger partial charge in [0.05, 0.1) is 0 Å². The van der Waals surface area contributed by atoms with Crippen LogP contribution in [0.2, 0.25) is 0 Å². The Bertz CT molecular complexity index is 411. The first kappa shape index (κ1) is 10.5. The van der Waals surface area contributed by atoms with Gasteiger partial charge in [-0.15, -0.1) is 12.6 Å². The average Bonchev–Trinajstić information content (AvgIpc) is 2.18. The van der Waals surface area contributed by atoms with Crippen molar-refractivity contribution in [1.82, 2.24) is 0 Å². The lowest BCUT2D eigenvalue weighted by molar-refractivity contribution is 1.01. The monoisotopic (exact) mass is 203 g/mol. The van der Waals surface area contributed by atoms with Crippen molar-refractivity contribution in [2.45, 2.75) is 11.3 Å². The van der Waals surface area contributed by atoms with Gasteiger partial charge in [0, 0.05) is 28.3 Å². The maximum absolute atomic E-state index is 8.02. The van der Waals surface area contributed by atoms with E-state index in [-0.39, 0.29) is 0 Å². The van der Waals surface area contributed by atoms with Crippen LogP contribution in [-0.2, 0) is 0 Å². The fourth-order valence-corrected chi connectivity index (χ4v) is 1.12. The summed E-state index contributed by atoms with van der Waals surface area (Å²) in [5.74, 6) is 5.88. The summed E-state index contributed by atoms with van der Waals surface area (Å²) in [4.78, 5) is 3.53. The fraction of sp³-hybridized carbons (Fsp3) is 0.200. The van der Waals surface area contributed by atoms with E-state index in [4.69, 9.17) is 5.53 Å². The molecule has 0 atom stereocenters. The minimum atomic E-state index is 0.421. The Kier molecular flexibility index (Phi) is 4.49. The zero-order chi connectivity index (χ0) is 10.2. The molecule has 0 saturated heterocycles. The Hall–Kier alpha value is -1.56. The smallest absolute Gasteiger partial charge is 0.0367 e. The Balaban J connectivity index is 2.54. The minimum absolute atomic E-state index is 0.421. The van der Waals surface area contributed by atoms with Crippen molar-refractivity contribution in [3.63, 3.8) is 0 Å². The van der Waals surface area contributed by atoms with E-state index in [2.05, 4.69) is 34.5 Å². The molecule has 0 aromatic heterocycles. The van der Waals surface area contributed by atoms with E-state index in [0.29, 0.717) is 13.0 Å². The topological polar surface area (TPSA) is 48.8 Å². The van der Waals surface area contributed by atoms with Gasteiger partial charge in [0.25, 0.3) is 0 Å². The van der Waals surface area contributed by atoms with Crippen LogP contribution in [0, 0.1) is 11.8 Å². The van der Waals surface area contributed by atoms with Gasteiger partial charge in [-0.3, -0.25) is 0 Å². The number of rotatable bonds is 2. The molecule has 14 heavy (non-hydrogen) atoms. The molecule has 0 radical (unpaired) electrons. The molecule has 0 heterocycles. The van der Waals surface area contributed by atoms with E-state index in [1.54, 1.807) is 0 Å². The maximum atomic E-state index is 8.02. The molecule has 0 spiro atoms. The molecule has 0 aliphatic carbocycles. The van der Waals surface area contributed by atoms with Gasteiger partial charge in [0.2, 0.25) is 0 Å². The van der Waals surface area contributed by atoms with Crippen LogP contribution in [0.3, 0.4) is 0 Å². The van der Waals surface area contributed by atoms with Crippen LogP contribution in [0.5, 0.6) is 0 Å². The van der Waals surface area contributed by atoms with Gasteiger partial charge in [-0.2, -0.15) is 0 Å². The quantitative estimate of drug-likeness (QED) is 0.192. The Morgan fingerprint density at radius 2 is 2.36 bits per heavy atom. The lowest BCUT2D eigenvalue weighted by atomic mass is 10.2. The second-order valence-corrected chi connectivity index (χ2v) is 3.07. The maximum Gasteiger partial charge on any atom is 0.0367 e. The molecule has 0 fully saturated rings. The molecule has 0 saturated carbocycles. The predicted molar refractivity (Wildman–Crippen MR) is 59.2 cm³/mol. The minimum Gasteiger partial charge on any atom is -0.143 e. The van der Waals surface area contributed by atoms with E-state index < -0.39 is 0 Å². The van der Waals surface area contributed by atoms with E-state index in [1.807, 2.05) is 24.3 Å². The van der Waals surface area contributed by atoms with Gasteiger partial charge in [-0.05, 0) is 23.7 Å². The van der Waals surface area contributed by atoms with Crippen molar-refractivity contribution in [2.24, 2.45) is 5.11 Å². The summed E-state index contributed by atoms with van der Waals surface area (Å²) in [5, 5.41) is 3.38. The van der Waals surface area contributed by atoms with Crippen molar-refractivity contribution in [1.29, 1.82) is 0 Å². The van der Waals surface area contributed by atoms with Crippen LogP contribution in [0.25, 0.3) is 10.4 Å². The van der Waals surface area contributed by atoms with Gasteiger partial charge in [0.1, 0.15) is 0 Å². The largest absolute Gasteiger partial charge is 0.143 e. The number of benzene rings is 1. The first-order valence-electron chi connectivity index (χ1n) is 4.11. The van der Waals surface area contributed by atoms with Crippen molar-refractivity contribution in [2.75, 3.05) is 6.54 Å². The molecule has 70 valence electrons. The summed E-state index contributed by atoms with van der Waals surface area (Å²) in [6.07, 6.45) is 0.584. The number of hydrogen-bond acceptors (Lipinski definition) is 2. The fourth-order valence-electron chi connectivity index (χ4n) is 0.899. The first-order chi connectivity index (χ1) is 6.83.